The molecule has 0 radical (unpaired) electrons. The fraction of sp³-hybridized carbons (Fsp3) is 0.667. The molecule has 1 aliphatic heterocycles. The number of carbonyl (C=O) groups is 1. The molecule has 0 aromatic carbocycles. The van der Waals surface area contributed by atoms with Crippen molar-refractivity contribution in [3.05, 3.63) is 33.1 Å². The summed E-state index contributed by atoms with van der Waals surface area (Å²) in [5, 5.41) is 0. The lowest BCUT2D eigenvalue weighted by Gasteiger charge is -2.26. The molecule has 128 valence electrons. The number of nitrogens with one attached hydrogen (secondary N) is 1. The maximum Gasteiger partial charge on any atom is 0.330 e. The smallest absolute Gasteiger partial charge is 0.330 e. The van der Waals surface area contributed by atoms with Crippen LogP contribution in [0.3, 0.4) is 0 Å². The first-order chi connectivity index (χ1) is 10.7. The summed E-state index contributed by atoms with van der Waals surface area (Å²) in [5.74, 6) is -0.471. The summed E-state index contributed by atoms with van der Waals surface area (Å²) in [7, 11) is 0. The Bertz CT molecular complexity index is 680. The highest BCUT2D eigenvalue weighted by Crippen LogP contribution is 2.35. The van der Waals surface area contributed by atoms with Crippen LogP contribution in [0.2, 0.25) is 0 Å². The largest absolute Gasteiger partial charge is 0.461 e. The molecule has 23 heavy (non-hydrogen) atoms. The standard InChI is InChI=1S/C15H23N3O5/c1-9(2)12(16)13(20)22-8-15(3)6-4-11(23-15)18-7-5-10(19)17-14(18)21/h5,7,9,11-12H,4,6,8,16H2,1-3H3,(H,17,19,21)/t11-,12+,15+/m1/s1. The first-order valence-corrected chi connectivity index (χ1v) is 7.63. The summed E-state index contributed by atoms with van der Waals surface area (Å²) in [6.45, 7) is 5.58. The van der Waals surface area contributed by atoms with Crippen molar-refractivity contribution in [1.82, 2.24) is 9.55 Å². The number of hydrogen-bond acceptors (Lipinski definition) is 6. The van der Waals surface area contributed by atoms with Crippen LogP contribution >= 0.6 is 0 Å². The molecule has 0 saturated carbocycles. The Morgan fingerprint density at radius 1 is 1.57 bits per heavy atom. The number of ether oxygens (including phenoxy) is 2. The van der Waals surface area contributed by atoms with Crippen molar-refractivity contribution < 1.29 is 14.3 Å². The van der Waals surface area contributed by atoms with E-state index in [0.29, 0.717) is 12.8 Å². The van der Waals surface area contributed by atoms with E-state index in [1.54, 1.807) is 0 Å². The number of aromatic nitrogens is 2. The normalized spacial score (nSPS) is 25.5. The third kappa shape index (κ3) is 4.08. The number of H-pyrrole nitrogens is 1. The zero-order chi connectivity index (χ0) is 17.2. The SMILES string of the molecule is CC(C)[C@H](N)C(=O)OC[C@]1(C)CC[C@H](n2ccc(=O)[nH]c2=O)O1. The minimum absolute atomic E-state index is 0.00716. The van der Waals surface area contributed by atoms with Gasteiger partial charge in [0.2, 0.25) is 0 Å². The van der Waals surface area contributed by atoms with Crippen LogP contribution in [0, 0.1) is 5.92 Å². The Morgan fingerprint density at radius 2 is 2.26 bits per heavy atom. The van der Waals surface area contributed by atoms with E-state index >= 15 is 0 Å². The van der Waals surface area contributed by atoms with Gasteiger partial charge in [0.15, 0.2) is 0 Å². The van der Waals surface area contributed by atoms with Crippen molar-refractivity contribution in [2.45, 2.75) is 51.5 Å². The lowest BCUT2D eigenvalue weighted by atomic mass is 10.0. The van der Waals surface area contributed by atoms with E-state index in [-0.39, 0.29) is 12.5 Å². The number of aromatic amines is 1. The Kier molecular flexibility index (Phi) is 5.06. The molecule has 1 saturated heterocycles. The van der Waals surface area contributed by atoms with Crippen LogP contribution in [0.15, 0.2) is 21.9 Å². The highest BCUT2D eigenvalue weighted by molar-refractivity contribution is 5.75. The van der Waals surface area contributed by atoms with Gasteiger partial charge in [-0.3, -0.25) is 19.1 Å². The first kappa shape index (κ1) is 17.4. The summed E-state index contributed by atoms with van der Waals surface area (Å²) in [5.41, 5.74) is 4.08. The summed E-state index contributed by atoms with van der Waals surface area (Å²) >= 11 is 0. The van der Waals surface area contributed by atoms with Gasteiger partial charge in [0, 0.05) is 12.3 Å². The van der Waals surface area contributed by atoms with Gasteiger partial charge in [-0.05, 0) is 25.7 Å². The number of nitrogens with zero attached hydrogens (tertiary/aromatic N) is 1. The summed E-state index contributed by atoms with van der Waals surface area (Å²) < 4.78 is 12.4. The molecule has 1 aromatic rings. The van der Waals surface area contributed by atoms with E-state index in [1.807, 2.05) is 20.8 Å². The van der Waals surface area contributed by atoms with Gasteiger partial charge in [0.25, 0.3) is 5.56 Å². The molecule has 1 aliphatic rings. The topological polar surface area (TPSA) is 116 Å². The van der Waals surface area contributed by atoms with Gasteiger partial charge < -0.3 is 15.2 Å². The number of nitrogens with two attached hydrogens (primary N) is 1. The Labute approximate surface area is 133 Å². The molecule has 0 unspecified atom stereocenters. The molecular weight excluding hydrogens is 302 g/mol. The zero-order valence-electron chi connectivity index (χ0n) is 13.6. The van der Waals surface area contributed by atoms with E-state index in [0.717, 1.165) is 0 Å². The highest BCUT2D eigenvalue weighted by Gasteiger charge is 2.39. The van der Waals surface area contributed by atoms with Crippen LogP contribution in [0.1, 0.15) is 39.8 Å². The van der Waals surface area contributed by atoms with Crippen LogP contribution in [0.25, 0.3) is 0 Å². The minimum atomic E-state index is -0.688. The van der Waals surface area contributed by atoms with E-state index in [9.17, 15) is 14.4 Å². The van der Waals surface area contributed by atoms with Gasteiger partial charge >= 0.3 is 11.7 Å². The maximum absolute atomic E-state index is 11.8. The molecule has 3 N–H and O–H groups in total. The Morgan fingerprint density at radius 3 is 2.87 bits per heavy atom. The monoisotopic (exact) mass is 325 g/mol. The molecule has 1 fully saturated rings. The molecule has 2 rings (SSSR count). The summed E-state index contributed by atoms with van der Waals surface area (Å²) in [6.07, 6.45) is 2.10. The Balaban J connectivity index is 1.99. The molecular formula is C15H23N3O5. The fourth-order valence-electron chi connectivity index (χ4n) is 2.42. The predicted molar refractivity (Wildman–Crippen MR) is 82.9 cm³/mol. The second-order valence-electron chi connectivity index (χ2n) is 6.46. The van der Waals surface area contributed by atoms with Gasteiger partial charge in [0.1, 0.15) is 24.5 Å². The van der Waals surface area contributed by atoms with Gasteiger partial charge in [-0.2, -0.15) is 0 Å². The van der Waals surface area contributed by atoms with Crippen molar-refractivity contribution in [2.75, 3.05) is 6.61 Å². The molecule has 3 atom stereocenters. The maximum atomic E-state index is 11.8. The van der Waals surface area contributed by atoms with Gasteiger partial charge in [0.05, 0.1) is 0 Å². The molecule has 0 spiro atoms. The molecule has 0 amide bonds. The average molecular weight is 325 g/mol. The number of esters is 1. The molecule has 0 aliphatic carbocycles. The van der Waals surface area contributed by atoms with Crippen LogP contribution in [-0.4, -0.2) is 33.8 Å². The second-order valence-corrected chi connectivity index (χ2v) is 6.46. The summed E-state index contributed by atoms with van der Waals surface area (Å²) in [6, 6.07) is 0.597. The van der Waals surface area contributed by atoms with Crippen molar-refractivity contribution in [3.63, 3.8) is 0 Å². The Hall–Kier alpha value is -1.93. The van der Waals surface area contributed by atoms with Gasteiger partial charge in [-0.1, -0.05) is 13.8 Å². The van der Waals surface area contributed by atoms with Crippen molar-refractivity contribution >= 4 is 5.97 Å². The number of carbonyl (C=O) groups excluding carboxylic acids is 1. The molecule has 2 heterocycles. The average Bonchev–Trinajstić information content (AvgIpc) is 2.86. The predicted octanol–water partition coefficient (Wildman–Crippen LogP) is 0.131. The lowest BCUT2D eigenvalue weighted by Crippen LogP contribution is -2.41. The third-order valence-corrected chi connectivity index (χ3v) is 4.01. The quantitative estimate of drug-likeness (QED) is 0.743. The van der Waals surface area contributed by atoms with Crippen molar-refractivity contribution in [3.8, 4) is 0 Å². The number of rotatable bonds is 5. The van der Waals surface area contributed by atoms with Crippen LogP contribution in [-0.2, 0) is 14.3 Å². The van der Waals surface area contributed by atoms with Crippen LogP contribution < -0.4 is 17.0 Å². The highest BCUT2D eigenvalue weighted by atomic mass is 16.6. The van der Waals surface area contributed by atoms with Crippen molar-refractivity contribution in [2.24, 2.45) is 11.7 Å². The zero-order valence-corrected chi connectivity index (χ0v) is 13.6. The van der Waals surface area contributed by atoms with Crippen molar-refractivity contribution in [1.29, 1.82) is 0 Å². The molecule has 8 heteroatoms. The third-order valence-electron chi connectivity index (χ3n) is 4.01. The number of hydrogen-bond donors (Lipinski definition) is 2. The lowest BCUT2D eigenvalue weighted by molar-refractivity contribution is -0.158. The van der Waals surface area contributed by atoms with Crippen LogP contribution in [0.4, 0.5) is 0 Å². The molecule has 8 nitrogen and oxygen atoms in total. The van der Waals surface area contributed by atoms with Crippen LogP contribution in [0.5, 0.6) is 0 Å². The van der Waals surface area contributed by atoms with E-state index in [2.05, 4.69) is 4.98 Å². The van der Waals surface area contributed by atoms with E-state index in [1.165, 1.54) is 16.8 Å². The fourth-order valence-corrected chi connectivity index (χ4v) is 2.42. The van der Waals surface area contributed by atoms with Gasteiger partial charge in [-0.25, -0.2) is 4.79 Å². The minimum Gasteiger partial charge on any atom is -0.461 e. The van der Waals surface area contributed by atoms with E-state index < -0.39 is 35.1 Å². The first-order valence-electron chi connectivity index (χ1n) is 7.63. The summed E-state index contributed by atoms with van der Waals surface area (Å²) in [4.78, 5) is 36.9. The second kappa shape index (κ2) is 6.67. The molecule has 1 aromatic heterocycles. The van der Waals surface area contributed by atoms with E-state index in [4.69, 9.17) is 15.2 Å². The van der Waals surface area contributed by atoms with Gasteiger partial charge in [-0.15, -0.1) is 0 Å². The molecule has 0 bridgehead atoms.